The van der Waals surface area contributed by atoms with Gasteiger partial charge in [0.15, 0.2) is 0 Å². The standard InChI is InChI=1S/C15H17N.C11H13N3.C4H8.C2H5N/c1-13-7-9-15(10-8-13)12-16-11-14-5-3-2-4-6-14;1-14(2)8-3-4-9-10(12)5-6-13-11(9)7-8;1-3-4-2;1-2-3/h2-10,16H,11-12H2,1H3;3-7H,1-2H3,(H2,12,13);3-4H,1-2H3;2-3H,1H3/b;;4-3-;. The molecule has 3 aromatic carbocycles. The predicted octanol–water partition coefficient (Wildman–Crippen LogP) is 7.41. The maximum Gasteiger partial charge on any atom is 0.0743 e. The lowest BCUT2D eigenvalue weighted by molar-refractivity contribution is 0.693. The third-order valence-electron chi connectivity index (χ3n) is 5.23. The zero-order valence-corrected chi connectivity index (χ0v) is 23.2. The Morgan fingerprint density at radius 2 is 1.41 bits per heavy atom. The largest absolute Gasteiger partial charge is 0.398 e. The Bertz CT molecular complexity index is 1180. The number of nitrogens with two attached hydrogens (primary N) is 1. The van der Waals surface area contributed by atoms with Gasteiger partial charge in [0.2, 0.25) is 0 Å². The molecule has 1 aromatic heterocycles. The molecule has 4 aromatic rings. The highest BCUT2D eigenvalue weighted by Gasteiger charge is 2.01. The molecule has 0 aliphatic heterocycles. The second-order valence-corrected chi connectivity index (χ2v) is 8.53. The van der Waals surface area contributed by atoms with E-state index in [9.17, 15) is 0 Å². The number of allylic oxidation sites excluding steroid dienone is 2. The molecular formula is C32H43N5. The van der Waals surface area contributed by atoms with Crippen LogP contribution in [0, 0.1) is 12.3 Å². The highest BCUT2D eigenvalue weighted by atomic mass is 15.1. The Kier molecular flexibility index (Phi) is 15.4. The van der Waals surface area contributed by atoms with Crippen LogP contribution in [0.4, 0.5) is 11.4 Å². The van der Waals surface area contributed by atoms with E-state index in [1.54, 1.807) is 13.1 Å². The average Bonchev–Trinajstić information content (AvgIpc) is 2.91. The Hall–Kier alpha value is -3.96. The Morgan fingerprint density at radius 1 is 0.838 bits per heavy atom. The van der Waals surface area contributed by atoms with Gasteiger partial charge in [-0.3, -0.25) is 4.98 Å². The predicted molar refractivity (Wildman–Crippen MR) is 164 cm³/mol. The van der Waals surface area contributed by atoms with Crippen LogP contribution in [0.25, 0.3) is 10.9 Å². The molecule has 0 saturated heterocycles. The minimum absolute atomic E-state index is 0.778. The number of nitrogen functional groups attached to an aromatic ring is 1. The summed E-state index contributed by atoms with van der Waals surface area (Å²) in [4.78, 5) is 6.32. The molecule has 0 amide bonds. The fourth-order valence-corrected chi connectivity index (χ4v) is 3.09. The first-order valence-corrected chi connectivity index (χ1v) is 12.5. The van der Waals surface area contributed by atoms with E-state index < -0.39 is 0 Å². The van der Waals surface area contributed by atoms with E-state index in [1.165, 1.54) is 22.9 Å². The van der Waals surface area contributed by atoms with Gasteiger partial charge >= 0.3 is 0 Å². The van der Waals surface area contributed by atoms with Crippen LogP contribution in [0.3, 0.4) is 0 Å². The van der Waals surface area contributed by atoms with Gasteiger partial charge in [0.1, 0.15) is 0 Å². The summed E-state index contributed by atoms with van der Waals surface area (Å²) in [6, 6.07) is 27.0. The fourth-order valence-electron chi connectivity index (χ4n) is 3.09. The third-order valence-corrected chi connectivity index (χ3v) is 5.23. The maximum atomic E-state index is 6.08. The number of pyridine rings is 1. The van der Waals surface area contributed by atoms with Gasteiger partial charge in [0, 0.05) is 50.1 Å². The number of rotatable bonds is 5. The highest BCUT2D eigenvalue weighted by Crippen LogP contribution is 2.23. The van der Waals surface area contributed by atoms with Crippen molar-refractivity contribution >= 4 is 28.5 Å². The topological polar surface area (TPSA) is 78.0 Å². The summed E-state index contributed by atoms with van der Waals surface area (Å²) < 4.78 is 0. The van der Waals surface area contributed by atoms with Crippen LogP contribution in [0.2, 0.25) is 0 Å². The van der Waals surface area contributed by atoms with Crippen LogP contribution in [0.5, 0.6) is 0 Å². The first-order valence-electron chi connectivity index (χ1n) is 12.5. The second-order valence-electron chi connectivity index (χ2n) is 8.53. The Labute approximate surface area is 223 Å². The number of benzene rings is 3. The molecule has 0 aliphatic carbocycles. The molecule has 0 unspecified atom stereocenters. The monoisotopic (exact) mass is 497 g/mol. The van der Waals surface area contributed by atoms with E-state index >= 15 is 0 Å². The van der Waals surface area contributed by atoms with Crippen LogP contribution in [0.15, 0.2) is 97.2 Å². The molecule has 37 heavy (non-hydrogen) atoms. The first-order chi connectivity index (χ1) is 17.9. The van der Waals surface area contributed by atoms with Crippen molar-refractivity contribution in [1.82, 2.24) is 10.3 Å². The Morgan fingerprint density at radius 3 is 1.95 bits per heavy atom. The number of aromatic nitrogens is 1. The van der Waals surface area contributed by atoms with E-state index in [1.807, 2.05) is 75.3 Å². The summed E-state index contributed by atoms with van der Waals surface area (Å²) in [5, 5.41) is 10.5. The van der Waals surface area contributed by atoms with Gasteiger partial charge in [0.25, 0.3) is 0 Å². The van der Waals surface area contributed by atoms with Gasteiger partial charge in [-0.15, -0.1) is 0 Å². The summed E-state index contributed by atoms with van der Waals surface area (Å²) in [6.07, 6.45) is 6.98. The van der Waals surface area contributed by atoms with Gasteiger partial charge in [-0.05, 0) is 69.3 Å². The molecule has 0 bridgehead atoms. The molecule has 5 nitrogen and oxygen atoms in total. The van der Waals surface area contributed by atoms with Crippen molar-refractivity contribution < 1.29 is 0 Å². The zero-order chi connectivity index (χ0) is 27.5. The molecule has 4 N–H and O–H groups in total. The number of nitrogens with one attached hydrogen (secondary N) is 2. The number of hydrogen-bond acceptors (Lipinski definition) is 5. The van der Waals surface area contributed by atoms with Crippen molar-refractivity contribution in [3.8, 4) is 0 Å². The lowest BCUT2D eigenvalue weighted by Gasteiger charge is -2.12. The number of fused-ring (bicyclic) bond motifs is 1. The van der Waals surface area contributed by atoms with Crippen molar-refractivity contribution in [2.45, 2.75) is 40.8 Å². The number of aryl methyl sites for hydroxylation is 1. The molecule has 0 radical (unpaired) electrons. The van der Waals surface area contributed by atoms with Gasteiger partial charge in [-0.2, -0.15) is 0 Å². The smallest absolute Gasteiger partial charge is 0.0743 e. The molecule has 0 fully saturated rings. The Balaban J connectivity index is 0.000000298. The van der Waals surface area contributed by atoms with Crippen molar-refractivity contribution in [3.05, 3.63) is 114 Å². The SMILES string of the molecule is C/C=C\C.CC=N.CN(C)c1ccc2c(N)ccnc2c1.Cc1ccc(CNCc2ccccc2)cc1. The van der Waals surface area contributed by atoms with Crippen LogP contribution in [-0.2, 0) is 13.1 Å². The summed E-state index contributed by atoms with van der Waals surface area (Å²) >= 11 is 0. The van der Waals surface area contributed by atoms with Gasteiger partial charge in [-0.25, -0.2) is 0 Å². The van der Waals surface area contributed by atoms with Crippen molar-refractivity contribution in [1.29, 1.82) is 5.41 Å². The average molecular weight is 498 g/mol. The molecule has 0 atom stereocenters. The summed E-state index contributed by atoms with van der Waals surface area (Å²) in [7, 11) is 4.01. The molecular weight excluding hydrogens is 454 g/mol. The van der Waals surface area contributed by atoms with E-state index in [2.05, 4.69) is 65.8 Å². The lowest BCUT2D eigenvalue weighted by atomic mass is 10.1. The van der Waals surface area contributed by atoms with Crippen LogP contribution in [-0.4, -0.2) is 25.3 Å². The van der Waals surface area contributed by atoms with Crippen molar-refractivity contribution in [2.75, 3.05) is 24.7 Å². The zero-order valence-electron chi connectivity index (χ0n) is 23.2. The van der Waals surface area contributed by atoms with E-state index in [0.717, 1.165) is 35.4 Å². The third kappa shape index (κ3) is 12.5. The molecule has 196 valence electrons. The van der Waals surface area contributed by atoms with Crippen molar-refractivity contribution in [3.63, 3.8) is 0 Å². The van der Waals surface area contributed by atoms with Crippen molar-refractivity contribution in [2.24, 2.45) is 0 Å². The summed E-state index contributed by atoms with van der Waals surface area (Å²) in [6.45, 7) is 9.63. The molecule has 0 saturated carbocycles. The number of nitrogens with zero attached hydrogens (tertiary/aromatic N) is 2. The summed E-state index contributed by atoms with van der Waals surface area (Å²) in [5.41, 5.74) is 12.7. The van der Waals surface area contributed by atoms with E-state index in [-0.39, 0.29) is 0 Å². The minimum Gasteiger partial charge on any atom is -0.398 e. The van der Waals surface area contributed by atoms with E-state index in [0.29, 0.717) is 0 Å². The second kappa shape index (κ2) is 18.3. The minimum atomic E-state index is 0.778. The summed E-state index contributed by atoms with van der Waals surface area (Å²) in [5.74, 6) is 0. The van der Waals surface area contributed by atoms with E-state index in [4.69, 9.17) is 11.1 Å². The molecule has 0 aliphatic rings. The van der Waals surface area contributed by atoms with Gasteiger partial charge in [-0.1, -0.05) is 72.3 Å². The highest BCUT2D eigenvalue weighted by molar-refractivity contribution is 5.91. The quantitative estimate of drug-likeness (QED) is 0.198. The first kappa shape index (κ1) is 31.1. The molecule has 5 heteroatoms. The van der Waals surface area contributed by atoms with Gasteiger partial charge in [0.05, 0.1) is 5.52 Å². The molecule has 0 spiro atoms. The lowest BCUT2D eigenvalue weighted by Crippen LogP contribution is -2.12. The fraction of sp³-hybridized carbons (Fsp3) is 0.250. The van der Waals surface area contributed by atoms with Crippen LogP contribution < -0.4 is 16.0 Å². The molecule has 1 heterocycles. The molecule has 4 rings (SSSR count). The number of anilines is 2. The van der Waals surface area contributed by atoms with Crippen LogP contribution >= 0.6 is 0 Å². The number of hydrogen-bond donors (Lipinski definition) is 3. The van der Waals surface area contributed by atoms with Gasteiger partial charge < -0.3 is 21.4 Å². The van der Waals surface area contributed by atoms with Crippen LogP contribution in [0.1, 0.15) is 37.5 Å². The maximum absolute atomic E-state index is 6.08. The normalized spacial score (nSPS) is 9.78.